The quantitative estimate of drug-likeness (QED) is 0.302. The highest BCUT2D eigenvalue weighted by molar-refractivity contribution is 7.29. The number of nitrogens with zero attached hydrogens (tertiary/aromatic N) is 4. The minimum atomic E-state index is -0.509. The van der Waals surface area contributed by atoms with Gasteiger partial charge in [-0.25, -0.2) is 9.97 Å². The first-order valence-electron chi connectivity index (χ1n) is 8.34. The van der Waals surface area contributed by atoms with Crippen LogP contribution >= 0.6 is 22.7 Å². The van der Waals surface area contributed by atoms with Crippen LogP contribution in [0.3, 0.4) is 0 Å². The zero-order valence-corrected chi connectivity index (χ0v) is 17.2. The summed E-state index contributed by atoms with van der Waals surface area (Å²) in [5, 5.41) is 23.7. The lowest BCUT2D eigenvalue weighted by molar-refractivity contribution is -0.385. The van der Waals surface area contributed by atoms with E-state index in [0.29, 0.717) is 30.8 Å². The molecule has 0 spiro atoms. The Balaban J connectivity index is 1.72. The van der Waals surface area contributed by atoms with Crippen LogP contribution in [0.5, 0.6) is 11.5 Å². The lowest BCUT2D eigenvalue weighted by atomic mass is 10.2. The van der Waals surface area contributed by atoms with Crippen molar-refractivity contribution in [2.75, 3.05) is 14.2 Å². The maximum Gasteiger partial charge on any atom is 0.311 e. The van der Waals surface area contributed by atoms with Crippen LogP contribution in [0.25, 0.3) is 30.8 Å². The van der Waals surface area contributed by atoms with Crippen molar-refractivity contribution in [1.82, 2.24) is 9.97 Å². The lowest BCUT2D eigenvalue weighted by Crippen LogP contribution is -1.94. The average Bonchev–Trinajstić information content (AvgIpc) is 3.32. The molecule has 2 aromatic heterocycles. The van der Waals surface area contributed by atoms with Crippen molar-refractivity contribution >= 4 is 43.7 Å². The first-order chi connectivity index (χ1) is 14.4. The SMILES string of the molecule is COc1ccc(-c2nc3sc(-c4ccc(OC)c([N+](=O)[O-])c4)nc3s2)cc1[N+](=O)[O-]. The van der Waals surface area contributed by atoms with Crippen LogP contribution in [0.4, 0.5) is 11.4 Å². The number of fused-ring (bicyclic) bond motifs is 1. The molecule has 2 heterocycles. The molecule has 0 aliphatic rings. The predicted octanol–water partition coefficient (Wildman–Crippen LogP) is 4.92. The van der Waals surface area contributed by atoms with Crippen LogP contribution in [0.2, 0.25) is 0 Å². The van der Waals surface area contributed by atoms with Crippen molar-refractivity contribution in [3.63, 3.8) is 0 Å². The third-order valence-corrected chi connectivity index (χ3v) is 6.35. The van der Waals surface area contributed by atoms with Crippen LogP contribution < -0.4 is 9.47 Å². The predicted molar refractivity (Wildman–Crippen MR) is 113 cm³/mol. The molecular weight excluding hydrogens is 432 g/mol. The largest absolute Gasteiger partial charge is 0.490 e. The van der Waals surface area contributed by atoms with E-state index < -0.39 is 9.85 Å². The molecule has 0 amide bonds. The molecule has 0 saturated carbocycles. The summed E-state index contributed by atoms with van der Waals surface area (Å²) in [5.41, 5.74) is 0.874. The van der Waals surface area contributed by atoms with E-state index >= 15 is 0 Å². The standard InChI is InChI=1S/C18H12N4O6S2/c1-27-13-5-3-9(7-11(13)21(23)24)15-19-17-18(29-15)20-16(30-17)10-4-6-14(28-2)12(8-10)22(25)26/h3-8H,1-2H3. The number of rotatable bonds is 6. The van der Waals surface area contributed by atoms with E-state index in [4.69, 9.17) is 9.47 Å². The van der Waals surface area contributed by atoms with Gasteiger partial charge in [0.05, 0.1) is 24.1 Å². The van der Waals surface area contributed by atoms with Crippen molar-refractivity contribution in [3.8, 4) is 32.6 Å². The summed E-state index contributed by atoms with van der Waals surface area (Å²) in [4.78, 5) is 31.8. The Morgan fingerprint density at radius 3 is 1.50 bits per heavy atom. The number of nitro groups is 2. The summed E-state index contributed by atoms with van der Waals surface area (Å²) in [6, 6.07) is 9.27. The summed E-state index contributed by atoms with van der Waals surface area (Å²) in [5.74, 6) is 0.340. The van der Waals surface area contributed by atoms with Gasteiger partial charge in [-0.05, 0) is 24.3 Å². The zero-order valence-electron chi connectivity index (χ0n) is 15.5. The number of ether oxygens (including phenoxy) is 2. The first-order valence-corrected chi connectivity index (χ1v) is 9.97. The van der Waals surface area contributed by atoms with Gasteiger partial charge in [0.15, 0.2) is 21.2 Å². The molecule has 4 rings (SSSR count). The summed E-state index contributed by atoms with van der Waals surface area (Å²) >= 11 is 2.57. The summed E-state index contributed by atoms with van der Waals surface area (Å²) < 4.78 is 10.0. The Bertz CT molecular complexity index is 1170. The molecule has 0 unspecified atom stereocenters. The molecule has 0 aliphatic heterocycles. The van der Waals surface area contributed by atoms with Crippen LogP contribution in [-0.4, -0.2) is 34.0 Å². The number of hydrogen-bond donors (Lipinski definition) is 0. The van der Waals surface area contributed by atoms with Gasteiger partial charge in [-0.3, -0.25) is 20.2 Å². The van der Waals surface area contributed by atoms with Gasteiger partial charge in [-0.15, -0.1) is 0 Å². The Kier molecular flexibility index (Phi) is 5.01. The highest BCUT2D eigenvalue weighted by atomic mass is 32.1. The molecule has 0 radical (unpaired) electrons. The molecule has 152 valence electrons. The third-order valence-electron chi connectivity index (χ3n) is 4.22. The summed E-state index contributed by atoms with van der Waals surface area (Å²) in [6.45, 7) is 0. The molecule has 0 N–H and O–H groups in total. The van der Waals surface area contributed by atoms with Gasteiger partial charge in [-0.2, -0.15) is 0 Å². The van der Waals surface area contributed by atoms with Crippen LogP contribution in [0, 0.1) is 20.2 Å². The number of benzene rings is 2. The fraction of sp³-hybridized carbons (Fsp3) is 0.111. The Hall–Kier alpha value is -3.64. The molecule has 12 heteroatoms. The van der Waals surface area contributed by atoms with Crippen molar-refractivity contribution in [3.05, 3.63) is 56.6 Å². The third kappa shape index (κ3) is 3.42. The van der Waals surface area contributed by atoms with Gasteiger partial charge in [0.25, 0.3) is 0 Å². The molecule has 4 aromatic rings. The zero-order chi connectivity index (χ0) is 21.4. The fourth-order valence-corrected chi connectivity index (χ4v) is 4.86. The minimum Gasteiger partial charge on any atom is -0.490 e. The van der Waals surface area contributed by atoms with Crippen LogP contribution in [-0.2, 0) is 0 Å². The number of aromatic nitrogens is 2. The van der Waals surface area contributed by atoms with Crippen molar-refractivity contribution < 1.29 is 19.3 Å². The Morgan fingerprint density at radius 1 is 0.767 bits per heavy atom. The molecule has 10 nitrogen and oxygen atoms in total. The van der Waals surface area contributed by atoms with Gasteiger partial charge in [-0.1, -0.05) is 22.7 Å². The van der Waals surface area contributed by atoms with Crippen molar-refractivity contribution in [2.24, 2.45) is 0 Å². The summed E-state index contributed by atoms with van der Waals surface area (Å²) in [6.07, 6.45) is 0. The second-order valence-electron chi connectivity index (χ2n) is 5.94. The van der Waals surface area contributed by atoms with Gasteiger partial charge in [0.1, 0.15) is 10.0 Å². The van der Waals surface area contributed by atoms with E-state index in [-0.39, 0.29) is 22.9 Å². The molecule has 0 saturated heterocycles. The molecule has 0 atom stereocenters. The summed E-state index contributed by atoms with van der Waals surface area (Å²) in [7, 11) is 2.74. The molecule has 2 aromatic carbocycles. The number of thiazole rings is 2. The maximum atomic E-state index is 11.3. The highest BCUT2D eigenvalue weighted by Gasteiger charge is 2.21. The van der Waals surface area contributed by atoms with Gasteiger partial charge >= 0.3 is 11.4 Å². The van der Waals surface area contributed by atoms with E-state index in [9.17, 15) is 20.2 Å². The fourth-order valence-electron chi connectivity index (χ4n) is 2.82. The normalized spacial score (nSPS) is 10.9. The van der Waals surface area contributed by atoms with E-state index in [1.165, 1.54) is 61.2 Å². The lowest BCUT2D eigenvalue weighted by Gasteiger charge is -2.03. The first kappa shape index (κ1) is 19.7. The van der Waals surface area contributed by atoms with E-state index in [1.54, 1.807) is 12.1 Å². The van der Waals surface area contributed by atoms with Gasteiger partial charge < -0.3 is 9.47 Å². The van der Waals surface area contributed by atoms with Crippen molar-refractivity contribution in [2.45, 2.75) is 0 Å². The van der Waals surface area contributed by atoms with Gasteiger partial charge in [0.2, 0.25) is 0 Å². The van der Waals surface area contributed by atoms with E-state index in [1.807, 2.05) is 0 Å². The van der Waals surface area contributed by atoms with Crippen LogP contribution in [0.15, 0.2) is 36.4 Å². The second kappa shape index (κ2) is 7.65. The van der Waals surface area contributed by atoms with Crippen molar-refractivity contribution in [1.29, 1.82) is 0 Å². The monoisotopic (exact) mass is 444 g/mol. The number of nitro benzene ring substituents is 2. The van der Waals surface area contributed by atoms with Crippen LogP contribution in [0.1, 0.15) is 0 Å². The molecule has 0 bridgehead atoms. The topological polar surface area (TPSA) is 131 Å². The Labute approximate surface area is 176 Å². The molecule has 30 heavy (non-hydrogen) atoms. The molecular formula is C18H12N4O6S2. The number of hydrogen-bond acceptors (Lipinski definition) is 10. The van der Waals surface area contributed by atoms with Gasteiger partial charge in [0, 0.05) is 23.3 Å². The van der Waals surface area contributed by atoms with E-state index in [2.05, 4.69) is 9.97 Å². The Morgan fingerprint density at radius 2 is 1.17 bits per heavy atom. The molecule has 0 aliphatic carbocycles. The van der Waals surface area contributed by atoms with E-state index in [0.717, 1.165) is 0 Å². The smallest absolute Gasteiger partial charge is 0.311 e. The second-order valence-corrected chi connectivity index (χ2v) is 7.89. The minimum absolute atomic E-state index is 0.146. The average molecular weight is 444 g/mol. The number of methoxy groups -OCH3 is 2. The maximum absolute atomic E-state index is 11.3. The molecule has 0 fully saturated rings. The highest BCUT2D eigenvalue weighted by Crippen LogP contribution is 2.40.